The molecule has 0 amide bonds. The van der Waals surface area contributed by atoms with E-state index in [9.17, 15) is 0 Å². The van der Waals surface area contributed by atoms with Gasteiger partial charge in [0.05, 0.1) is 6.04 Å². The Labute approximate surface area is 114 Å². The molecule has 0 aliphatic rings. The molecular formula is C16H18ClN. The van der Waals surface area contributed by atoms with E-state index in [1.165, 1.54) is 11.1 Å². The molecule has 0 spiro atoms. The van der Waals surface area contributed by atoms with E-state index in [-0.39, 0.29) is 6.04 Å². The molecule has 0 bridgehead atoms. The van der Waals surface area contributed by atoms with Gasteiger partial charge in [0.25, 0.3) is 0 Å². The first-order valence-electron chi connectivity index (χ1n) is 6.19. The van der Waals surface area contributed by atoms with E-state index >= 15 is 0 Å². The molecule has 2 aromatic carbocycles. The lowest BCUT2D eigenvalue weighted by Gasteiger charge is -2.19. The highest BCUT2D eigenvalue weighted by Gasteiger charge is 2.14. The van der Waals surface area contributed by atoms with Gasteiger partial charge in [-0.15, -0.1) is 0 Å². The molecule has 2 rings (SSSR count). The molecule has 1 unspecified atom stereocenters. The summed E-state index contributed by atoms with van der Waals surface area (Å²) < 4.78 is 0. The summed E-state index contributed by atoms with van der Waals surface area (Å²) in [6.45, 7) is 4.38. The molecular weight excluding hydrogens is 242 g/mol. The minimum atomic E-state index is -0.0964. The summed E-state index contributed by atoms with van der Waals surface area (Å²) in [4.78, 5) is 0. The van der Waals surface area contributed by atoms with Crippen molar-refractivity contribution in [2.24, 2.45) is 5.73 Å². The fourth-order valence-electron chi connectivity index (χ4n) is 2.17. The zero-order valence-electron chi connectivity index (χ0n) is 10.7. The maximum atomic E-state index is 6.36. The predicted molar refractivity (Wildman–Crippen MR) is 78.0 cm³/mol. The zero-order chi connectivity index (χ0) is 13.1. The van der Waals surface area contributed by atoms with E-state index in [2.05, 4.69) is 32.0 Å². The van der Waals surface area contributed by atoms with Gasteiger partial charge in [-0.25, -0.2) is 0 Å². The Kier molecular flexibility index (Phi) is 4.05. The van der Waals surface area contributed by atoms with Gasteiger partial charge in [-0.05, 0) is 34.7 Å². The highest BCUT2D eigenvalue weighted by molar-refractivity contribution is 6.30. The van der Waals surface area contributed by atoms with Crippen molar-refractivity contribution in [1.82, 2.24) is 0 Å². The molecule has 2 heteroatoms. The van der Waals surface area contributed by atoms with Crippen molar-refractivity contribution >= 4 is 11.6 Å². The maximum absolute atomic E-state index is 6.36. The van der Waals surface area contributed by atoms with Crippen LogP contribution in [0.15, 0.2) is 48.5 Å². The molecule has 0 heterocycles. The molecule has 1 nitrogen and oxygen atoms in total. The zero-order valence-corrected chi connectivity index (χ0v) is 11.5. The highest BCUT2D eigenvalue weighted by Crippen LogP contribution is 2.28. The van der Waals surface area contributed by atoms with E-state index < -0.39 is 0 Å². The van der Waals surface area contributed by atoms with Gasteiger partial charge in [-0.1, -0.05) is 61.8 Å². The summed E-state index contributed by atoms with van der Waals surface area (Å²) >= 11 is 5.90. The Hall–Kier alpha value is -1.31. The first-order valence-corrected chi connectivity index (χ1v) is 6.57. The van der Waals surface area contributed by atoms with E-state index in [1.54, 1.807) is 0 Å². The average Bonchev–Trinajstić information content (AvgIpc) is 2.39. The minimum Gasteiger partial charge on any atom is -0.320 e. The van der Waals surface area contributed by atoms with Crippen LogP contribution in [0.4, 0.5) is 0 Å². The van der Waals surface area contributed by atoms with Crippen LogP contribution in [0, 0.1) is 0 Å². The second-order valence-corrected chi connectivity index (χ2v) is 5.25. The average molecular weight is 260 g/mol. The molecule has 0 saturated heterocycles. The lowest BCUT2D eigenvalue weighted by atomic mass is 9.90. The number of rotatable bonds is 3. The SMILES string of the molecule is CC(C)c1ccccc1C(N)c1ccc(Cl)cc1. The minimum absolute atomic E-state index is 0.0964. The van der Waals surface area contributed by atoms with E-state index in [0.717, 1.165) is 10.6 Å². The molecule has 2 N–H and O–H groups in total. The molecule has 0 fully saturated rings. The summed E-state index contributed by atoms with van der Waals surface area (Å²) in [6, 6.07) is 16.0. The van der Waals surface area contributed by atoms with Crippen LogP contribution < -0.4 is 5.73 Å². The van der Waals surface area contributed by atoms with Crippen LogP contribution in [0.25, 0.3) is 0 Å². The van der Waals surface area contributed by atoms with Crippen LogP contribution in [0.1, 0.15) is 42.5 Å². The molecule has 0 aromatic heterocycles. The third kappa shape index (κ3) is 2.74. The van der Waals surface area contributed by atoms with Crippen molar-refractivity contribution in [3.63, 3.8) is 0 Å². The fourth-order valence-corrected chi connectivity index (χ4v) is 2.30. The molecule has 0 aliphatic carbocycles. The molecule has 0 radical (unpaired) electrons. The fraction of sp³-hybridized carbons (Fsp3) is 0.250. The Morgan fingerprint density at radius 2 is 1.44 bits per heavy atom. The Balaban J connectivity index is 2.39. The van der Waals surface area contributed by atoms with Crippen molar-refractivity contribution in [1.29, 1.82) is 0 Å². The van der Waals surface area contributed by atoms with Crippen LogP contribution in [0.3, 0.4) is 0 Å². The van der Waals surface area contributed by atoms with Gasteiger partial charge in [-0.2, -0.15) is 0 Å². The van der Waals surface area contributed by atoms with Crippen LogP contribution in [-0.4, -0.2) is 0 Å². The normalized spacial score (nSPS) is 12.7. The molecule has 0 aliphatic heterocycles. The first kappa shape index (κ1) is 13.1. The molecule has 2 aromatic rings. The highest BCUT2D eigenvalue weighted by atomic mass is 35.5. The Morgan fingerprint density at radius 3 is 2.00 bits per heavy atom. The lowest BCUT2D eigenvalue weighted by molar-refractivity contribution is 0.794. The van der Waals surface area contributed by atoms with Gasteiger partial charge in [0.2, 0.25) is 0 Å². The standard InChI is InChI=1S/C16H18ClN/c1-11(2)14-5-3-4-6-15(14)16(18)12-7-9-13(17)10-8-12/h3-11,16H,18H2,1-2H3. The van der Waals surface area contributed by atoms with Gasteiger partial charge in [-0.3, -0.25) is 0 Å². The van der Waals surface area contributed by atoms with E-state index in [4.69, 9.17) is 17.3 Å². The van der Waals surface area contributed by atoms with Crippen LogP contribution in [-0.2, 0) is 0 Å². The van der Waals surface area contributed by atoms with E-state index in [0.29, 0.717) is 5.92 Å². The second-order valence-electron chi connectivity index (χ2n) is 4.81. The van der Waals surface area contributed by atoms with Crippen molar-refractivity contribution in [3.8, 4) is 0 Å². The van der Waals surface area contributed by atoms with Crippen LogP contribution >= 0.6 is 11.6 Å². The van der Waals surface area contributed by atoms with Gasteiger partial charge < -0.3 is 5.73 Å². The summed E-state index contributed by atoms with van der Waals surface area (Å²) in [5.41, 5.74) is 9.95. The Morgan fingerprint density at radius 1 is 0.889 bits per heavy atom. The number of halogens is 1. The van der Waals surface area contributed by atoms with Crippen LogP contribution in [0.2, 0.25) is 5.02 Å². The summed E-state index contributed by atoms with van der Waals surface area (Å²) in [6.07, 6.45) is 0. The Bertz CT molecular complexity index is 517. The quantitative estimate of drug-likeness (QED) is 0.862. The molecule has 18 heavy (non-hydrogen) atoms. The summed E-state index contributed by atoms with van der Waals surface area (Å²) in [5.74, 6) is 0.472. The number of nitrogens with two attached hydrogens (primary N) is 1. The smallest absolute Gasteiger partial charge is 0.0554 e. The van der Waals surface area contributed by atoms with Crippen molar-refractivity contribution in [2.45, 2.75) is 25.8 Å². The number of hydrogen-bond donors (Lipinski definition) is 1. The van der Waals surface area contributed by atoms with E-state index in [1.807, 2.05) is 30.3 Å². The van der Waals surface area contributed by atoms with Crippen molar-refractivity contribution in [3.05, 3.63) is 70.2 Å². The van der Waals surface area contributed by atoms with Crippen molar-refractivity contribution in [2.75, 3.05) is 0 Å². The predicted octanol–water partition coefficient (Wildman–Crippen LogP) is 4.51. The summed E-state index contributed by atoms with van der Waals surface area (Å²) in [5, 5.41) is 0.739. The summed E-state index contributed by atoms with van der Waals surface area (Å²) in [7, 11) is 0. The third-order valence-corrected chi connectivity index (χ3v) is 3.43. The molecule has 94 valence electrons. The number of hydrogen-bond acceptors (Lipinski definition) is 1. The number of benzene rings is 2. The topological polar surface area (TPSA) is 26.0 Å². The monoisotopic (exact) mass is 259 g/mol. The molecule has 0 saturated carbocycles. The molecule has 1 atom stereocenters. The van der Waals surface area contributed by atoms with Crippen molar-refractivity contribution < 1.29 is 0 Å². The van der Waals surface area contributed by atoms with Crippen LogP contribution in [0.5, 0.6) is 0 Å². The van der Waals surface area contributed by atoms with Gasteiger partial charge in [0.15, 0.2) is 0 Å². The first-order chi connectivity index (χ1) is 8.59. The second kappa shape index (κ2) is 5.55. The van der Waals surface area contributed by atoms with Gasteiger partial charge >= 0.3 is 0 Å². The van der Waals surface area contributed by atoms with Gasteiger partial charge in [0.1, 0.15) is 0 Å². The maximum Gasteiger partial charge on any atom is 0.0554 e. The largest absolute Gasteiger partial charge is 0.320 e. The van der Waals surface area contributed by atoms with Gasteiger partial charge in [0, 0.05) is 5.02 Å². The lowest BCUT2D eigenvalue weighted by Crippen LogP contribution is -2.14. The third-order valence-electron chi connectivity index (χ3n) is 3.18.